The maximum atomic E-state index is 12.8. The molecule has 2 heterocycles. The van der Waals surface area contributed by atoms with Gasteiger partial charge in [0.25, 0.3) is 0 Å². The van der Waals surface area contributed by atoms with Crippen LogP contribution in [0.2, 0.25) is 0 Å². The molecule has 0 aliphatic rings. The maximum Gasteiger partial charge on any atom is 0.197 e. The average molecular weight is 333 g/mol. The van der Waals surface area contributed by atoms with Gasteiger partial charge in [-0.2, -0.15) is 0 Å². The van der Waals surface area contributed by atoms with Crippen molar-refractivity contribution < 1.29 is 13.9 Å². The van der Waals surface area contributed by atoms with Gasteiger partial charge in [0.05, 0.1) is 17.6 Å². The molecule has 4 aromatic rings. The first-order valence-electron chi connectivity index (χ1n) is 7.97. The number of nitrogens with one attached hydrogen (secondary N) is 1. The molecule has 2 aromatic carbocycles. The highest BCUT2D eigenvalue weighted by Crippen LogP contribution is 2.26. The Morgan fingerprint density at radius 1 is 1.04 bits per heavy atom. The maximum absolute atomic E-state index is 12.8. The molecule has 124 valence electrons. The molecule has 5 nitrogen and oxygen atoms in total. The van der Waals surface area contributed by atoms with E-state index in [-0.39, 0.29) is 11.2 Å². The molecule has 0 unspecified atom stereocenters. The van der Waals surface area contributed by atoms with Gasteiger partial charge in [0.15, 0.2) is 17.5 Å². The van der Waals surface area contributed by atoms with Crippen LogP contribution in [0.15, 0.2) is 57.7 Å². The molecule has 0 fully saturated rings. The molecule has 0 aliphatic heterocycles. The normalized spacial score (nSPS) is 11.1. The minimum Gasteiger partial charge on any atom is -0.494 e. The van der Waals surface area contributed by atoms with Crippen molar-refractivity contribution in [2.24, 2.45) is 0 Å². The third kappa shape index (κ3) is 2.59. The van der Waals surface area contributed by atoms with Crippen molar-refractivity contribution in [1.82, 2.24) is 4.98 Å². The summed E-state index contributed by atoms with van der Waals surface area (Å²) in [7, 11) is 0. The first kappa shape index (κ1) is 15.2. The average Bonchev–Trinajstić information content (AvgIpc) is 3.11. The number of hydrogen-bond donors (Lipinski definition) is 1. The highest BCUT2D eigenvalue weighted by atomic mass is 16.5. The van der Waals surface area contributed by atoms with E-state index in [4.69, 9.17) is 9.15 Å². The van der Waals surface area contributed by atoms with Crippen LogP contribution >= 0.6 is 0 Å². The number of carbonyl (C=O) groups excluding carboxylic acids is 1. The van der Waals surface area contributed by atoms with Gasteiger partial charge < -0.3 is 14.1 Å². The summed E-state index contributed by atoms with van der Waals surface area (Å²) in [4.78, 5) is 26.9. The van der Waals surface area contributed by atoms with Gasteiger partial charge in [-0.25, -0.2) is 0 Å². The van der Waals surface area contributed by atoms with E-state index in [2.05, 4.69) is 4.98 Å². The first-order valence-corrected chi connectivity index (χ1v) is 7.97. The predicted molar refractivity (Wildman–Crippen MR) is 96.3 cm³/mol. The Balaban J connectivity index is 1.90. The van der Waals surface area contributed by atoms with E-state index in [1.54, 1.807) is 24.3 Å². The van der Waals surface area contributed by atoms with E-state index in [0.717, 1.165) is 11.1 Å². The zero-order valence-electron chi connectivity index (χ0n) is 13.5. The standard InChI is InChI=1S/C20H15NO4/c1-2-24-13-4-7-17-16(10-13)20(23)15-6-3-12(9-18(15)21-17)19-8-5-14(11-22)25-19/h3-11H,2H2,1H3,(H,21,23). The van der Waals surface area contributed by atoms with Crippen LogP contribution in [0.25, 0.3) is 33.1 Å². The minimum absolute atomic E-state index is 0.0510. The molecule has 4 rings (SSSR count). The number of furan rings is 1. The zero-order valence-corrected chi connectivity index (χ0v) is 13.5. The van der Waals surface area contributed by atoms with Gasteiger partial charge in [-0.15, -0.1) is 0 Å². The van der Waals surface area contributed by atoms with Crippen molar-refractivity contribution in [1.29, 1.82) is 0 Å². The largest absolute Gasteiger partial charge is 0.494 e. The lowest BCUT2D eigenvalue weighted by atomic mass is 10.1. The van der Waals surface area contributed by atoms with Crippen molar-refractivity contribution >= 4 is 28.1 Å². The number of aromatic amines is 1. The SMILES string of the molecule is CCOc1ccc2[nH]c3cc(-c4ccc(C=O)o4)ccc3c(=O)c2c1. The molecular weight excluding hydrogens is 318 g/mol. The Morgan fingerprint density at radius 2 is 1.92 bits per heavy atom. The van der Waals surface area contributed by atoms with Crippen LogP contribution in [0.4, 0.5) is 0 Å². The van der Waals surface area contributed by atoms with Crippen LogP contribution < -0.4 is 10.2 Å². The quantitative estimate of drug-likeness (QED) is 0.450. The van der Waals surface area contributed by atoms with Gasteiger partial charge >= 0.3 is 0 Å². The third-order valence-corrected chi connectivity index (χ3v) is 4.11. The molecule has 1 N–H and O–H groups in total. The van der Waals surface area contributed by atoms with Crippen molar-refractivity contribution in [2.45, 2.75) is 6.92 Å². The summed E-state index contributed by atoms with van der Waals surface area (Å²) < 4.78 is 10.9. The highest BCUT2D eigenvalue weighted by Gasteiger charge is 2.10. The number of aldehydes is 1. The topological polar surface area (TPSA) is 72.3 Å². The number of benzene rings is 2. The Morgan fingerprint density at radius 3 is 2.68 bits per heavy atom. The molecule has 0 aliphatic carbocycles. The Labute approximate surface area is 142 Å². The fourth-order valence-corrected chi connectivity index (χ4v) is 2.94. The second-order valence-corrected chi connectivity index (χ2v) is 5.67. The van der Waals surface area contributed by atoms with E-state index in [0.29, 0.717) is 40.7 Å². The second kappa shape index (κ2) is 5.94. The molecule has 5 heteroatoms. The molecule has 0 bridgehead atoms. The minimum atomic E-state index is -0.0510. The van der Waals surface area contributed by atoms with E-state index in [9.17, 15) is 9.59 Å². The van der Waals surface area contributed by atoms with Crippen LogP contribution in [0.3, 0.4) is 0 Å². The van der Waals surface area contributed by atoms with E-state index in [1.807, 2.05) is 31.2 Å². The Bertz CT molecular complexity index is 1150. The van der Waals surface area contributed by atoms with Gasteiger partial charge in [0.2, 0.25) is 0 Å². The smallest absolute Gasteiger partial charge is 0.197 e. The summed E-state index contributed by atoms with van der Waals surface area (Å²) >= 11 is 0. The van der Waals surface area contributed by atoms with E-state index < -0.39 is 0 Å². The molecule has 2 aromatic heterocycles. The predicted octanol–water partition coefficient (Wildman–Crippen LogP) is 4.15. The summed E-state index contributed by atoms with van der Waals surface area (Å²) in [5.41, 5.74) is 2.20. The van der Waals surface area contributed by atoms with Crippen molar-refractivity contribution in [3.63, 3.8) is 0 Å². The molecule has 0 atom stereocenters. The van der Waals surface area contributed by atoms with Crippen LogP contribution in [0, 0.1) is 0 Å². The van der Waals surface area contributed by atoms with Gasteiger partial charge in [-0.1, -0.05) is 6.07 Å². The molecular formula is C20H15NO4. The number of hydrogen-bond acceptors (Lipinski definition) is 4. The Kier molecular flexibility index (Phi) is 3.61. The van der Waals surface area contributed by atoms with Crippen molar-refractivity contribution in [3.8, 4) is 17.1 Å². The molecule has 0 spiro atoms. The monoisotopic (exact) mass is 333 g/mol. The number of carbonyl (C=O) groups is 1. The highest BCUT2D eigenvalue weighted by molar-refractivity contribution is 5.94. The Hall–Kier alpha value is -3.34. The molecule has 0 amide bonds. The van der Waals surface area contributed by atoms with E-state index >= 15 is 0 Å². The fourth-order valence-electron chi connectivity index (χ4n) is 2.94. The summed E-state index contributed by atoms with van der Waals surface area (Å²) in [6.07, 6.45) is 0.663. The summed E-state index contributed by atoms with van der Waals surface area (Å²) in [5, 5.41) is 1.18. The summed E-state index contributed by atoms with van der Waals surface area (Å²) in [6, 6.07) is 14.2. The third-order valence-electron chi connectivity index (χ3n) is 4.11. The van der Waals surface area contributed by atoms with Crippen LogP contribution in [-0.2, 0) is 0 Å². The number of aromatic nitrogens is 1. The molecule has 0 saturated carbocycles. The van der Waals surface area contributed by atoms with Crippen LogP contribution in [-0.4, -0.2) is 17.9 Å². The zero-order chi connectivity index (χ0) is 17.4. The van der Waals surface area contributed by atoms with Gasteiger partial charge in [0.1, 0.15) is 11.5 Å². The van der Waals surface area contributed by atoms with Crippen molar-refractivity contribution in [3.05, 3.63) is 64.5 Å². The second-order valence-electron chi connectivity index (χ2n) is 5.67. The number of pyridine rings is 1. The lowest BCUT2D eigenvalue weighted by molar-refractivity contribution is 0.110. The van der Waals surface area contributed by atoms with Crippen molar-refractivity contribution in [2.75, 3.05) is 6.61 Å². The van der Waals surface area contributed by atoms with Crippen LogP contribution in [0.1, 0.15) is 17.5 Å². The van der Waals surface area contributed by atoms with Gasteiger partial charge in [-0.05, 0) is 49.4 Å². The molecule has 25 heavy (non-hydrogen) atoms. The van der Waals surface area contributed by atoms with E-state index in [1.165, 1.54) is 0 Å². The van der Waals surface area contributed by atoms with Crippen LogP contribution in [0.5, 0.6) is 5.75 Å². The number of fused-ring (bicyclic) bond motifs is 2. The number of H-pyrrole nitrogens is 1. The number of ether oxygens (including phenoxy) is 1. The molecule has 0 radical (unpaired) electrons. The lowest BCUT2D eigenvalue weighted by Gasteiger charge is -2.07. The first-order chi connectivity index (χ1) is 12.2. The molecule has 0 saturated heterocycles. The number of rotatable bonds is 4. The lowest BCUT2D eigenvalue weighted by Crippen LogP contribution is -2.04. The van der Waals surface area contributed by atoms with Gasteiger partial charge in [0, 0.05) is 16.3 Å². The fraction of sp³-hybridized carbons (Fsp3) is 0.100. The van der Waals surface area contributed by atoms with Gasteiger partial charge in [-0.3, -0.25) is 9.59 Å². The summed E-state index contributed by atoms with van der Waals surface area (Å²) in [5.74, 6) is 1.52. The summed E-state index contributed by atoms with van der Waals surface area (Å²) in [6.45, 7) is 2.45.